The Kier molecular flexibility index (Phi) is 5.75. The number of aldehydes is 1. The number of aliphatic hydroxyl groups excluding tert-OH is 1. The number of thioether (sulfide) groups is 1. The molecule has 2 fully saturated rings. The summed E-state index contributed by atoms with van der Waals surface area (Å²) in [6.45, 7) is 4.47. The number of hydrogen-bond acceptors (Lipinski definition) is 8. The number of hydrazine groups is 1. The van der Waals surface area contributed by atoms with E-state index in [0.717, 1.165) is 12.0 Å². The zero-order valence-electron chi connectivity index (χ0n) is 16.7. The molecule has 9 nitrogen and oxygen atoms in total. The maximum Gasteiger partial charge on any atom is 0.353 e. The van der Waals surface area contributed by atoms with E-state index in [-0.39, 0.29) is 34.9 Å². The third-order valence-electron chi connectivity index (χ3n) is 6.10. The zero-order chi connectivity index (χ0) is 21.6. The number of carboxylic acids is 1. The van der Waals surface area contributed by atoms with Gasteiger partial charge in [-0.3, -0.25) is 4.79 Å². The van der Waals surface area contributed by atoms with Crippen LogP contribution in [0.1, 0.15) is 26.0 Å². The first-order chi connectivity index (χ1) is 14.3. The Labute approximate surface area is 178 Å². The highest BCUT2D eigenvalue weighted by Crippen LogP contribution is 2.52. The number of aliphatic hydroxyl groups is 1. The Morgan fingerprint density at radius 1 is 1.50 bits per heavy atom. The molecule has 0 spiro atoms. The van der Waals surface area contributed by atoms with Gasteiger partial charge in [-0.15, -0.1) is 11.8 Å². The fourth-order valence-corrected chi connectivity index (χ4v) is 6.21. The Morgan fingerprint density at radius 2 is 2.27 bits per heavy atom. The molecule has 2 saturated heterocycles. The van der Waals surface area contributed by atoms with Crippen LogP contribution in [0.2, 0.25) is 0 Å². The summed E-state index contributed by atoms with van der Waals surface area (Å²) in [6, 6.07) is 2.98. The van der Waals surface area contributed by atoms with E-state index in [0.29, 0.717) is 24.4 Å². The lowest BCUT2D eigenvalue weighted by molar-refractivity contribution is -0.163. The van der Waals surface area contributed by atoms with Crippen LogP contribution < -0.4 is 5.43 Å². The van der Waals surface area contributed by atoms with Gasteiger partial charge in [0.05, 0.1) is 36.9 Å². The molecule has 0 aliphatic carbocycles. The number of carboxylic acid groups (broad SMARTS) is 1. The SMILES string of the molecule is C[C@@H](O)[C@H]1C(=O)N2C(C(=O)O)=C(S[C@H]3C[C@@H](C=O)N(NCc4ccco4)C3)[C@H](C)[C@H]12. The molecule has 3 aliphatic rings. The maximum atomic E-state index is 12.5. The van der Waals surface area contributed by atoms with Crippen LogP contribution >= 0.6 is 11.8 Å². The number of nitrogens with one attached hydrogen (secondary N) is 1. The minimum Gasteiger partial charge on any atom is -0.477 e. The van der Waals surface area contributed by atoms with Crippen molar-refractivity contribution >= 4 is 29.9 Å². The van der Waals surface area contributed by atoms with Gasteiger partial charge in [0.1, 0.15) is 17.7 Å². The van der Waals surface area contributed by atoms with Crippen LogP contribution in [0.15, 0.2) is 33.4 Å². The Morgan fingerprint density at radius 3 is 2.87 bits per heavy atom. The van der Waals surface area contributed by atoms with Gasteiger partial charge in [0.15, 0.2) is 0 Å². The minimum absolute atomic E-state index is 0.00472. The maximum absolute atomic E-state index is 12.5. The number of fused-ring (bicyclic) bond motifs is 1. The van der Waals surface area contributed by atoms with E-state index in [1.165, 1.54) is 16.7 Å². The smallest absolute Gasteiger partial charge is 0.353 e. The highest BCUT2D eigenvalue weighted by molar-refractivity contribution is 8.03. The van der Waals surface area contributed by atoms with Crippen LogP contribution in [0.5, 0.6) is 0 Å². The largest absolute Gasteiger partial charge is 0.477 e. The van der Waals surface area contributed by atoms with Crippen molar-refractivity contribution in [3.05, 3.63) is 34.8 Å². The Hall–Kier alpha value is -2.14. The highest BCUT2D eigenvalue weighted by Gasteiger charge is 2.60. The van der Waals surface area contributed by atoms with Crippen molar-refractivity contribution in [3.63, 3.8) is 0 Å². The van der Waals surface area contributed by atoms with Gasteiger partial charge in [0, 0.05) is 22.6 Å². The predicted octanol–water partition coefficient (Wildman–Crippen LogP) is 0.813. The van der Waals surface area contributed by atoms with E-state index in [2.05, 4.69) is 5.43 Å². The lowest BCUT2D eigenvalue weighted by atomic mass is 9.79. The van der Waals surface area contributed by atoms with Crippen molar-refractivity contribution < 1.29 is 29.0 Å². The number of furan rings is 1. The molecule has 0 unspecified atom stereocenters. The molecule has 0 bridgehead atoms. The molecule has 10 heteroatoms. The standard InChI is InChI=1S/C20H25N3O6S/c1-10-16-15(11(2)25)19(26)23(16)17(20(27)28)18(10)30-14-6-12(9-24)22(8-14)21-7-13-4-3-5-29-13/h3-5,9-12,14-16,21,25H,6-8H2,1-2H3,(H,27,28)/t10-,11-,12+,14+,15-,16-/m1/s1. The summed E-state index contributed by atoms with van der Waals surface area (Å²) >= 11 is 1.43. The number of aliphatic carboxylic acids is 1. The summed E-state index contributed by atoms with van der Waals surface area (Å²) in [4.78, 5) is 37.9. The molecule has 1 amide bonds. The Bertz CT molecular complexity index is 870. The molecular formula is C20H25N3O6S. The van der Waals surface area contributed by atoms with Crippen molar-refractivity contribution in [1.82, 2.24) is 15.3 Å². The molecule has 1 aromatic heterocycles. The highest BCUT2D eigenvalue weighted by atomic mass is 32.2. The molecule has 4 rings (SSSR count). The fraction of sp³-hybridized carbons (Fsp3) is 0.550. The normalized spacial score (nSPS) is 32.3. The van der Waals surface area contributed by atoms with E-state index in [1.54, 1.807) is 19.3 Å². The summed E-state index contributed by atoms with van der Waals surface area (Å²) in [7, 11) is 0. The van der Waals surface area contributed by atoms with Gasteiger partial charge in [0.2, 0.25) is 5.91 Å². The van der Waals surface area contributed by atoms with Gasteiger partial charge in [-0.05, 0) is 25.5 Å². The molecule has 1 aromatic rings. The molecule has 0 aromatic carbocycles. The first-order valence-corrected chi connectivity index (χ1v) is 10.8. The topological polar surface area (TPSA) is 123 Å². The zero-order valence-corrected chi connectivity index (χ0v) is 17.5. The molecule has 162 valence electrons. The Balaban J connectivity index is 1.48. The molecule has 0 saturated carbocycles. The second-order valence-electron chi connectivity index (χ2n) is 8.02. The fourth-order valence-electron chi connectivity index (χ4n) is 4.67. The van der Waals surface area contributed by atoms with Crippen LogP contribution in [0.3, 0.4) is 0 Å². The summed E-state index contributed by atoms with van der Waals surface area (Å²) < 4.78 is 5.31. The second kappa shape index (κ2) is 8.18. The second-order valence-corrected chi connectivity index (χ2v) is 9.36. The average molecular weight is 436 g/mol. The molecule has 4 heterocycles. The number of amides is 1. The third kappa shape index (κ3) is 3.47. The van der Waals surface area contributed by atoms with Crippen LogP contribution in [-0.2, 0) is 20.9 Å². The van der Waals surface area contributed by atoms with Crippen molar-refractivity contribution in [2.45, 2.75) is 50.3 Å². The number of carbonyl (C=O) groups is 3. The molecule has 6 atom stereocenters. The molecule has 3 aliphatic heterocycles. The van der Waals surface area contributed by atoms with E-state index in [4.69, 9.17) is 4.42 Å². The van der Waals surface area contributed by atoms with E-state index in [1.807, 2.05) is 18.0 Å². The van der Waals surface area contributed by atoms with E-state index < -0.39 is 18.0 Å². The van der Waals surface area contributed by atoms with Gasteiger partial charge >= 0.3 is 5.97 Å². The monoisotopic (exact) mass is 435 g/mol. The van der Waals surface area contributed by atoms with Crippen LogP contribution in [0, 0.1) is 11.8 Å². The number of β-lactam (4-membered cyclic amide) rings is 1. The lowest BCUT2D eigenvalue weighted by Crippen LogP contribution is -2.63. The molecule has 0 radical (unpaired) electrons. The average Bonchev–Trinajstić information content (AvgIpc) is 3.39. The van der Waals surface area contributed by atoms with Crippen molar-refractivity contribution in [1.29, 1.82) is 0 Å². The molecule has 30 heavy (non-hydrogen) atoms. The van der Waals surface area contributed by atoms with Gasteiger partial charge < -0.3 is 24.3 Å². The van der Waals surface area contributed by atoms with Crippen molar-refractivity contribution in [2.24, 2.45) is 11.8 Å². The van der Waals surface area contributed by atoms with Crippen molar-refractivity contribution in [2.75, 3.05) is 6.54 Å². The van der Waals surface area contributed by atoms with Crippen LogP contribution in [-0.4, -0.2) is 68.3 Å². The minimum atomic E-state index is -1.14. The first-order valence-electron chi connectivity index (χ1n) is 9.96. The van der Waals surface area contributed by atoms with Gasteiger partial charge in [-0.25, -0.2) is 15.2 Å². The molecular weight excluding hydrogens is 410 g/mol. The summed E-state index contributed by atoms with van der Waals surface area (Å²) in [5.41, 5.74) is 3.23. The third-order valence-corrected chi connectivity index (χ3v) is 7.60. The van der Waals surface area contributed by atoms with Crippen LogP contribution in [0.4, 0.5) is 0 Å². The first kappa shape index (κ1) is 21.1. The van der Waals surface area contributed by atoms with Gasteiger partial charge in [-0.1, -0.05) is 6.92 Å². The molecule has 3 N–H and O–H groups in total. The van der Waals surface area contributed by atoms with E-state index >= 15 is 0 Å². The predicted molar refractivity (Wildman–Crippen MR) is 108 cm³/mol. The number of nitrogens with zero attached hydrogens (tertiary/aromatic N) is 2. The van der Waals surface area contributed by atoms with Crippen LogP contribution in [0.25, 0.3) is 0 Å². The lowest BCUT2D eigenvalue weighted by Gasteiger charge is -2.46. The van der Waals surface area contributed by atoms with Gasteiger partial charge in [-0.2, -0.15) is 0 Å². The summed E-state index contributed by atoms with van der Waals surface area (Å²) in [5.74, 6) is -1.48. The number of carbonyl (C=O) groups excluding carboxylic acids is 2. The van der Waals surface area contributed by atoms with E-state index in [9.17, 15) is 24.6 Å². The number of hydrogen-bond donors (Lipinski definition) is 3. The van der Waals surface area contributed by atoms with Crippen molar-refractivity contribution in [3.8, 4) is 0 Å². The quantitative estimate of drug-likeness (QED) is 0.402. The summed E-state index contributed by atoms with van der Waals surface area (Å²) in [5, 5.41) is 21.6. The number of rotatable bonds is 8. The summed E-state index contributed by atoms with van der Waals surface area (Å²) in [6.07, 6.45) is 2.22. The van der Waals surface area contributed by atoms with Gasteiger partial charge in [0.25, 0.3) is 0 Å².